The second kappa shape index (κ2) is 4.62. The lowest BCUT2D eigenvalue weighted by Gasteiger charge is -2.12. The topological polar surface area (TPSA) is 69.9 Å². The molecule has 0 radical (unpaired) electrons. The third kappa shape index (κ3) is 2.08. The molecule has 1 aliphatic rings. The molecule has 7 heteroatoms. The second-order valence-corrected chi connectivity index (χ2v) is 4.70. The Labute approximate surface area is 114 Å². The molecule has 2 heterocycles. The van der Waals surface area contributed by atoms with E-state index in [2.05, 4.69) is 15.0 Å². The Morgan fingerprint density at radius 1 is 1.47 bits per heavy atom. The summed E-state index contributed by atoms with van der Waals surface area (Å²) < 4.78 is 6.85. The summed E-state index contributed by atoms with van der Waals surface area (Å²) in [6.45, 7) is 2.31. The van der Waals surface area contributed by atoms with Crippen molar-refractivity contribution in [1.82, 2.24) is 19.5 Å². The van der Waals surface area contributed by atoms with Gasteiger partial charge in [-0.2, -0.15) is 4.98 Å². The molecule has 0 saturated carbocycles. The number of rotatable bonds is 3. The molecule has 2 aromatic heterocycles. The van der Waals surface area contributed by atoms with Crippen molar-refractivity contribution in [3.8, 4) is 0 Å². The van der Waals surface area contributed by atoms with E-state index in [0.29, 0.717) is 18.5 Å². The fraction of sp³-hybridized carbons (Fsp3) is 0.333. The molecule has 98 valence electrons. The molecular weight excluding hydrogens is 268 g/mol. The highest BCUT2D eigenvalue weighted by atomic mass is 35.5. The Kier molecular flexibility index (Phi) is 2.94. The maximum Gasteiger partial charge on any atom is 0.293 e. The summed E-state index contributed by atoms with van der Waals surface area (Å²) in [5, 5.41) is 0.203. The van der Waals surface area contributed by atoms with Crippen LogP contribution < -0.4 is 0 Å². The van der Waals surface area contributed by atoms with Crippen LogP contribution in [0.15, 0.2) is 18.5 Å². The van der Waals surface area contributed by atoms with Crippen LogP contribution in [-0.2, 0) is 9.53 Å². The van der Waals surface area contributed by atoms with E-state index in [1.54, 1.807) is 6.33 Å². The van der Waals surface area contributed by atoms with Gasteiger partial charge in [-0.1, -0.05) is 6.08 Å². The predicted molar refractivity (Wildman–Crippen MR) is 68.8 cm³/mol. The van der Waals surface area contributed by atoms with Crippen molar-refractivity contribution < 1.29 is 9.53 Å². The zero-order chi connectivity index (χ0) is 13.4. The van der Waals surface area contributed by atoms with Crippen molar-refractivity contribution in [1.29, 1.82) is 0 Å². The van der Waals surface area contributed by atoms with Crippen molar-refractivity contribution in [2.75, 3.05) is 0 Å². The molecule has 0 bridgehead atoms. The molecule has 3 rings (SSSR count). The van der Waals surface area contributed by atoms with Gasteiger partial charge in [0.2, 0.25) is 5.28 Å². The van der Waals surface area contributed by atoms with Gasteiger partial charge in [-0.15, -0.1) is 0 Å². The third-order valence-corrected chi connectivity index (χ3v) is 3.35. The molecule has 2 unspecified atom stereocenters. The van der Waals surface area contributed by atoms with Gasteiger partial charge < -0.3 is 9.30 Å². The Balaban J connectivity index is 1.98. The quantitative estimate of drug-likeness (QED) is 0.487. The number of halogens is 1. The summed E-state index contributed by atoms with van der Waals surface area (Å²) in [6.07, 6.45) is 6.02. The van der Waals surface area contributed by atoms with Crippen LogP contribution in [0.1, 0.15) is 18.2 Å². The van der Waals surface area contributed by atoms with Gasteiger partial charge in [0.15, 0.2) is 5.65 Å². The van der Waals surface area contributed by atoms with Crippen LogP contribution in [-0.4, -0.2) is 32.1 Å². The Hall–Kier alpha value is -1.95. The average molecular weight is 279 g/mol. The smallest absolute Gasteiger partial charge is 0.293 e. The highest BCUT2D eigenvalue weighted by Crippen LogP contribution is 2.28. The Bertz CT molecular complexity index is 667. The van der Waals surface area contributed by atoms with E-state index in [4.69, 9.17) is 16.3 Å². The number of carbonyl (C=O) groups excluding carboxylic acids is 1. The number of hydrogen-bond acceptors (Lipinski definition) is 5. The first kappa shape index (κ1) is 12.1. The predicted octanol–water partition coefficient (Wildman–Crippen LogP) is 1.83. The summed E-state index contributed by atoms with van der Waals surface area (Å²) in [4.78, 5) is 23.0. The first-order valence-corrected chi connectivity index (χ1v) is 6.21. The van der Waals surface area contributed by atoms with Crippen molar-refractivity contribution in [2.45, 2.75) is 25.5 Å². The van der Waals surface area contributed by atoms with E-state index in [1.807, 2.05) is 23.6 Å². The Morgan fingerprint density at radius 3 is 3.11 bits per heavy atom. The van der Waals surface area contributed by atoms with Crippen molar-refractivity contribution in [3.63, 3.8) is 0 Å². The fourth-order valence-corrected chi connectivity index (χ4v) is 2.50. The van der Waals surface area contributed by atoms with Crippen LogP contribution in [0.3, 0.4) is 0 Å². The summed E-state index contributed by atoms with van der Waals surface area (Å²) in [6, 6.07) is 0.0558. The minimum absolute atomic E-state index is 0.0558. The fourth-order valence-electron chi connectivity index (χ4n) is 2.29. The first-order chi connectivity index (χ1) is 9.19. The lowest BCUT2D eigenvalue weighted by molar-refractivity contribution is -0.131. The zero-order valence-corrected chi connectivity index (χ0v) is 10.9. The molecule has 6 nitrogen and oxygen atoms in total. The van der Waals surface area contributed by atoms with Gasteiger partial charge in [0.25, 0.3) is 6.47 Å². The molecule has 0 amide bonds. The molecule has 1 aliphatic carbocycles. The SMILES string of the molecule is Cc1nc(Cl)nc2c1ncn2C1C=CC(OC=O)C1. The van der Waals surface area contributed by atoms with Crippen molar-refractivity contribution in [2.24, 2.45) is 0 Å². The number of imidazole rings is 1. The van der Waals surface area contributed by atoms with E-state index < -0.39 is 0 Å². The average Bonchev–Trinajstić information content (AvgIpc) is 2.95. The molecule has 0 N–H and O–H groups in total. The number of allylic oxidation sites excluding steroid dienone is 1. The van der Waals surface area contributed by atoms with Crippen LogP contribution in [0.2, 0.25) is 5.28 Å². The van der Waals surface area contributed by atoms with Gasteiger partial charge in [-0.3, -0.25) is 4.79 Å². The zero-order valence-electron chi connectivity index (χ0n) is 10.2. The molecule has 0 saturated heterocycles. The molecule has 0 fully saturated rings. The molecule has 0 aliphatic heterocycles. The summed E-state index contributed by atoms with van der Waals surface area (Å²) >= 11 is 5.89. The largest absolute Gasteiger partial charge is 0.460 e. The van der Waals surface area contributed by atoms with E-state index in [-0.39, 0.29) is 17.4 Å². The van der Waals surface area contributed by atoms with Crippen LogP contribution in [0, 0.1) is 6.92 Å². The number of fused-ring (bicyclic) bond motifs is 1. The first-order valence-electron chi connectivity index (χ1n) is 5.83. The van der Waals surface area contributed by atoms with E-state index in [9.17, 15) is 4.79 Å². The second-order valence-electron chi connectivity index (χ2n) is 4.36. The maximum absolute atomic E-state index is 10.3. The lowest BCUT2D eigenvalue weighted by atomic mass is 10.2. The monoisotopic (exact) mass is 278 g/mol. The number of carbonyl (C=O) groups is 1. The van der Waals surface area contributed by atoms with Gasteiger partial charge in [0.05, 0.1) is 18.1 Å². The van der Waals surface area contributed by atoms with Crippen LogP contribution in [0.25, 0.3) is 11.2 Å². The number of aromatic nitrogens is 4. The van der Waals surface area contributed by atoms with Crippen molar-refractivity contribution in [3.05, 3.63) is 29.5 Å². The highest BCUT2D eigenvalue weighted by Gasteiger charge is 2.23. The molecule has 2 atom stereocenters. The number of aryl methyl sites for hydroxylation is 1. The van der Waals surface area contributed by atoms with Gasteiger partial charge in [-0.25, -0.2) is 9.97 Å². The minimum atomic E-state index is -0.196. The van der Waals surface area contributed by atoms with E-state index in [0.717, 1.165) is 11.2 Å². The van der Waals surface area contributed by atoms with Crippen LogP contribution in [0.5, 0.6) is 0 Å². The third-order valence-electron chi connectivity index (χ3n) is 3.18. The molecule has 2 aromatic rings. The van der Waals surface area contributed by atoms with Gasteiger partial charge in [0, 0.05) is 6.42 Å². The summed E-state index contributed by atoms with van der Waals surface area (Å²) in [7, 11) is 0. The van der Waals surface area contributed by atoms with E-state index >= 15 is 0 Å². The van der Waals surface area contributed by atoms with Crippen molar-refractivity contribution >= 4 is 29.2 Å². The van der Waals surface area contributed by atoms with Crippen LogP contribution in [0.4, 0.5) is 0 Å². The molecule has 19 heavy (non-hydrogen) atoms. The molecule has 0 aromatic carbocycles. The minimum Gasteiger partial charge on any atom is -0.460 e. The number of hydrogen-bond donors (Lipinski definition) is 0. The van der Waals surface area contributed by atoms with Gasteiger partial charge in [-0.05, 0) is 24.6 Å². The standard InChI is InChI=1S/C12H11ClN4O2/c1-7-10-11(16-12(13)15-7)17(5-14-10)8-2-3-9(4-8)19-6-18/h2-3,5-6,8-9H,4H2,1H3. The van der Waals surface area contributed by atoms with Gasteiger partial charge in [0.1, 0.15) is 11.6 Å². The molecule has 0 spiro atoms. The van der Waals surface area contributed by atoms with Crippen LogP contribution >= 0.6 is 11.6 Å². The number of nitrogens with zero attached hydrogens (tertiary/aromatic N) is 4. The summed E-state index contributed by atoms with van der Waals surface area (Å²) in [5.41, 5.74) is 2.17. The Morgan fingerprint density at radius 2 is 2.32 bits per heavy atom. The maximum atomic E-state index is 10.3. The van der Waals surface area contributed by atoms with E-state index in [1.165, 1.54) is 0 Å². The number of ether oxygens (including phenoxy) is 1. The van der Waals surface area contributed by atoms with Gasteiger partial charge >= 0.3 is 0 Å². The highest BCUT2D eigenvalue weighted by molar-refractivity contribution is 6.28. The lowest BCUT2D eigenvalue weighted by Crippen LogP contribution is -2.11. The normalized spacial score (nSPS) is 22.0. The summed E-state index contributed by atoms with van der Waals surface area (Å²) in [5.74, 6) is 0. The molecular formula is C12H11ClN4O2.